The molecule has 7 nitrogen and oxygen atoms in total. The lowest BCUT2D eigenvalue weighted by Gasteiger charge is -2.27. The molecular weight excluding hydrogens is 434 g/mol. The van der Waals surface area contributed by atoms with Crippen LogP contribution >= 0.6 is 0 Å². The van der Waals surface area contributed by atoms with Crippen molar-refractivity contribution in [3.05, 3.63) is 65.2 Å². The second-order valence-corrected chi connectivity index (χ2v) is 8.79. The summed E-state index contributed by atoms with van der Waals surface area (Å²) >= 11 is 0. The zero-order chi connectivity index (χ0) is 24.2. The van der Waals surface area contributed by atoms with E-state index >= 15 is 0 Å². The summed E-state index contributed by atoms with van der Waals surface area (Å²) in [7, 11) is 0. The lowest BCUT2D eigenvalue weighted by molar-refractivity contribution is -0.140. The van der Waals surface area contributed by atoms with Crippen LogP contribution in [-0.2, 0) is 14.3 Å². The van der Waals surface area contributed by atoms with E-state index in [1.54, 1.807) is 24.3 Å². The monoisotopic (exact) mass is 465 g/mol. The minimum atomic E-state index is -0.751. The highest BCUT2D eigenvalue weighted by molar-refractivity contribution is 6.46. The molecular formula is C27H31NO6. The smallest absolute Gasteiger partial charge is 0.295 e. The van der Waals surface area contributed by atoms with E-state index in [1.807, 2.05) is 45.0 Å². The van der Waals surface area contributed by atoms with Crippen LogP contribution in [0.5, 0.6) is 11.5 Å². The first-order valence-corrected chi connectivity index (χ1v) is 11.8. The number of aliphatic hydroxyl groups is 1. The number of benzene rings is 2. The van der Waals surface area contributed by atoms with Gasteiger partial charge in [0.15, 0.2) is 0 Å². The second kappa shape index (κ2) is 10.3. The molecule has 1 N–H and O–H groups in total. The summed E-state index contributed by atoms with van der Waals surface area (Å²) in [5.41, 5.74) is 1.16. The van der Waals surface area contributed by atoms with Crippen molar-refractivity contribution < 1.29 is 28.9 Å². The van der Waals surface area contributed by atoms with Crippen molar-refractivity contribution in [3.8, 4) is 11.5 Å². The molecule has 0 spiro atoms. The fourth-order valence-electron chi connectivity index (χ4n) is 4.51. The zero-order valence-corrected chi connectivity index (χ0v) is 19.8. The summed E-state index contributed by atoms with van der Waals surface area (Å²) in [6, 6.07) is 13.5. The van der Waals surface area contributed by atoms with E-state index in [0.717, 1.165) is 12.8 Å². The lowest BCUT2D eigenvalue weighted by atomic mass is 9.95. The molecule has 4 rings (SSSR count). The Morgan fingerprint density at radius 1 is 1.15 bits per heavy atom. The molecule has 7 heteroatoms. The third kappa shape index (κ3) is 4.94. The number of aliphatic hydroxyl groups excluding tert-OH is 1. The molecule has 2 aromatic rings. The van der Waals surface area contributed by atoms with E-state index in [9.17, 15) is 14.7 Å². The lowest BCUT2D eigenvalue weighted by Crippen LogP contribution is -2.36. The number of ether oxygens (including phenoxy) is 3. The minimum absolute atomic E-state index is 0.0457. The summed E-state index contributed by atoms with van der Waals surface area (Å²) in [6.45, 7) is 7.12. The van der Waals surface area contributed by atoms with Crippen LogP contribution in [0.2, 0.25) is 0 Å². The van der Waals surface area contributed by atoms with Gasteiger partial charge in [-0.15, -0.1) is 0 Å². The Balaban J connectivity index is 1.81. The number of amides is 1. The molecule has 0 radical (unpaired) electrons. The maximum atomic E-state index is 13.2. The normalized spacial score (nSPS) is 21.9. The molecule has 0 aliphatic carbocycles. The van der Waals surface area contributed by atoms with Crippen LogP contribution in [-0.4, -0.2) is 53.7 Å². The summed E-state index contributed by atoms with van der Waals surface area (Å²) in [6.07, 6.45) is 1.56. The highest BCUT2D eigenvalue weighted by Gasteiger charge is 2.47. The molecule has 2 aliphatic rings. The topological polar surface area (TPSA) is 85.3 Å². The first-order chi connectivity index (χ1) is 16.4. The van der Waals surface area contributed by atoms with Crippen molar-refractivity contribution in [1.82, 2.24) is 4.90 Å². The van der Waals surface area contributed by atoms with Crippen LogP contribution in [0.3, 0.4) is 0 Å². The standard InChI is InChI=1S/C27H31NO6/c1-4-32-20-10-5-8-18(14-20)24-23(25(29)19-9-6-11-21(15-19)34-17(2)3)26(30)27(31)28(24)16-22-12-7-13-33-22/h5-6,8-11,14-15,17,22,24,29H,4,7,12-13,16H2,1-3H3/b25-23-. The summed E-state index contributed by atoms with van der Waals surface area (Å²) < 4.78 is 17.2. The Morgan fingerprint density at radius 2 is 1.91 bits per heavy atom. The first kappa shape index (κ1) is 23.8. The van der Waals surface area contributed by atoms with Crippen molar-refractivity contribution in [3.63, 3.8) is 0 Å². The van der Waals surface area contributed by atoms with Crippen LogP contribution in [0, 0.1) is 0 Å². The van der Waals surface area contributed by atoms with Gasteiger partial charge in [0, 0.05) is 18.7 Å². The number of carbonyl (C=O) groups is 2. The minimum Gasteiger partial charge on any atom is -0.507 e. The van der Waals surface area contributed by atoms with Gasteiger partial charge in [-0.2, -0.15) is 0 Å². The van der Waals surface area contributed by atoms with E-state index in [0.29, 0.717) is 35.8 Å². The number of hydrogen-bond donors (Lipinski definition) is 1. The molecule has 2 saturated heterocycles. The van der Waals surface area contributed by atoms with E-state index in [1.165, 1.54) is 4.90 Å². The second-order valence-electron chi connectivity index (χ2n) is 8.79. The Labute approximate surface area is 199 Å². The van der Waals surface area contributed by atoms with Crippen molar-refractivity contribution in [1.29, 1.82) is 0 Å². The van der Waals surface area contributed by atoms with Gasteiger partial charge in [-0.05, 0) is 63.4 Å². The van der Waals surface area contributed by atoms with E-state index in [-0.39, 0.29) is 30.1 Å². The Hall–Kier alpha value is -3.32. The average Bonchev–Trinajstić information content (AvgIpc) is 3.41. The molecule has 1 amide bonds. The highest BCUT2D eigenvalue weighted by Crippen LogP contribution is 2.41. The molecule has 2 heterocycles. The van der Waals surface area contributed by atoms with Crippen LogP contribution in [0.1, 0.15) is 50.8 Å². The van der Waals surface area contributed by atoms with Gasteiger partial charge < -0.3 is 24.2 Å². The Morgan fingerprint density at radius 3 is 2.62 bits per heavy atom. The Kier molecular flexibility index (Phi) is 7.22. The number of likely N-dealkylation sites (tertiary alicyclic amines) is 1. The van der Waals surface area contributed by atoms with Gasteiger partial charge in [-0.25, -0.2) is 0 Å². The van der Waals surface area contributed by atoms with Crippen molar-refractivity contribution >= 4 is 17.4 Å². The largest absolute Gasteiger partial charge is 0.507 e. The predicted octanol–water partition coefficient (Wildman–Crippen LogP) is 4.47. The van der Waals surface area contributed by atoms with Crippen molar-refractivity contribution in [2.75, 3.05) is 19.8 Å². The predicted molar refractivity (Wildman–Crippen MR) is 128 cm³/mol. The molecule has 2 unspecified atom stereocenters. The maximum absolute atomic E-state index is 13.2. The van der Waals surface area contributed by atoms with E-state index < -0.39 is 17.7 Å². The van der Waals surface area contributed by atoms with Gasteiger partial charge in [0.1, 0.15) is 17.3 Å². The first-order valence-electron chi connectivity index (χ1n) is 11.8. The van der Waals surface area contributed by atoms with Crippen LogP contribution in [0.25, 0.3) is 5.76 Å². The van der Waals surface area contributed by atoms with Crippen molar-refractivity contribution in [2.45, 2.75) is 51.9 Å². The molecule has 2 fully saturated rings. The number of ketones is 1. The number of carbonyl (C=O) groups excluding carboxylic acids is 2. The molecule has 2 atom stereocenters. The molecule has 34 heavy (non-hydrogen) atoms. The van der Waals surface area contributed by atoms with Crippen molar-refractivity contribution in [2.24, 2.45) is 0 Å². The fraction of sp³-hybridized carbons (Fsp3) is 0.407. The van der Waals surface area contributed by atoms with E-state index in [4.69, 9.17) is 14.2 Å². The van der Waals surface area contributed by atoms with Crippen LogP contribution < -0.4 is 9.47 Å². The number of rotatable bonds is 8. The van der Waals surface area contributed by atoms with Crippen LogP contribution in [0.4, 0.5) is 0 Å². The van der Waals surface area contributed by atoms with Crippen LogP contribution in [0.15, 0.2) is 54.1 Å². The quantitative estimate of drug-likeness (QED) is 0.352. The van der Waals surface area contributed by atoms with E-state index in [2.05, 4.69) is 0 Å². The molecule has 2 aliphatic heterocycles. The zero-order valence-electron chi connectivity index (χ0n) is 19.8. The number of hydrogen-bond acceptors (Lipinski definition) is 6. The molecule has 0 bridgehead atoms. The fourth-order valence-corrected chi connectivity index (χ4v) is 4.51. The number of Topliss-reactive ketones (excluding diaryl/α,β-unsaturated/α-hetero) is 1. The average molecular weight is 466 g/mol. The third-order valence-electron chi connectivity index (χ3n) is 5.93. The maximum Gasteiger partial charge on any atom is 0.295 e. The summed E-state index contributed by atoms with van der Waals surface area (Å²) in [4.78, 5) is 27.9. The summed E-state index contributed by atoms with van der Waals surface area (Å²) in [5, 5.41) is 11.3. The summed E-state index contributed by atoms with van der Waals surface area (Å²) in [5.74, 6) is -0.372. The Bertz CT molecular complexity index is 1090. The van der Waals surface area contributed by atoms with Gasteiger partial charge >= 0.3 is 0 Å². The molecule has 2 aromatic carbocycles. The SMILES string of the molecule is CCOc1cccc(C2/C(=C(/O)c3cccc(OC(C)C)c3)C(=O)C(=O)N2CC2CCCO2)c1. The third-order valence-corrected chi connectivity index (χ3v) is 5.93. The van der Waals surface area contributed by atoms with Gasteiger partial charge in [0.05, 0.1) is 30.4 Å². The highest BCUT2D eigenvalue weighted by atomic mass is 16.5. The molecule has 0 aromatic heterocycles. The van der Waals surface area contributed by atoms with Gasteiger partial charge in [-0.3, -0.25) is 9.59 Å². The van der Waals surface area contributed by atoms with Gasteiger partial charge in [-0.1, -0.05) is 24.3 Å². The van der Waals surface area contributed by atoms with Gasteiger partial charge in [0.2, 0.25) is 0 Å². The van der Waals surface area contributed by atoms with Gasteiger partial charge in [0.25, 0.3) is 11.7 Å². The molecule has 180 valence electrons. The number of nitrogens with zero attached hydrogens (tertiary/aromatic N) is 1. The molecule has 0 saturated carbocycles.